The van der Waals surface area contributed by atoms with E-state index in [1.54, 1.807) is 0 Å². The molecule has 0 bridgehead atoms. The van der Waals surface area contributed by atoms with Crippen LogP contribution in [0.3, 0.4) is 0 Å². The van der Waals surface area contributed by atoms with Crippen molar-refractivity contribution in [3.63, 3.8) is 0 Å². The average Bonchev–Trinajstić information content (AvgIpc) is 2.26. The quantitative estimate of drug-likeness (QED) is 0.800. The molecule has 0 aliphatic heterocycles. The minimum atomic E-state index is 0.673. The van der Waals surface area contributed by atoms with Gasteiger partial charge in [0.2, 0.25) is 0 Å². The summed E-state index contributed by atoms with van der Waals surface area (Å²) in [5.74, 6) is 0. The van der Waals surface area contributed by atoms with Crippen molar-refractivity contribution in [1.29, 1.82) is 0 Å². The highest BCUT2D eigenvalue weighted by Crippen LogP contribution is 2.09. The van der Waals surface area contributed by atoms with Crippen molar-refractivity contribution in [2.24, 2.45) is 0 Å². The molecule has 0 spiro atoms. The fraction of sp³-hybridized carbons (Fsp3) is 0.417. The number of nitrogens with one attached hydrogen (secondary N) is 2. The number of likely N-dealkylation sites (N-methyl/N-ethyl adjacent to an activating group) is 1. The van der Waals surface area contributed by atoms with Gasteiger partial charge in [-0.15, -0.1) is 0 Å². The van der Waals surface area contributed by atoms with Crippen LogP contribution in [-0.2, 0) is 6.54 Å². The molecule has 0 amide bonds. The maximum atomic E-state index is 5.90. The van der Waals surface area contributed by atoms with E-state index in [2.05, 4.69) is 15.5 Å². The molecule has 1 aromatic carbocycles. The number of nitrogens with zero attached hydrogens (tertiary/aromatic N) is 1. The number of rotatable bonds is 5. The van der Waals surface area contributed by atoms with Crippen LogP contribution in [-0.4, -0.2) is 37.2 Å². The van der Waals surface area contributed by atoms with E-state index in [4.69, 9.17) is 23.8 Å². The van der Waals surface area contributed by atoms with Crippen LogP contribution >= 0.6 is 23.8 Å². The lowest BCUT2D eigenvalue weighted by Gasteiger charge is -2.13. The van der Waals surface area contributed by atoms with E-state index in [1.807, 2.05) is 38.4 Å². The van der Waals surface area contributed by atoms with Gasteiger partial charge >= 0.3 is 0 Å². The highest BCUT2D eigenvalue weighted by molar-refractivity contribution is 7.80. The maximum Gasteiger partial charge on any atom is 0.166 e. The number of hydrogen-bond acceptors (Lipinski definition) is 2. The lowest BCUT2D eigenvalue weighted by Crippen LogP contribution is -2.38. The van der Waals surface area contributed by atoms with E-state index >= 15 is 0 Å². The van der Waals surface area contributed by atoms with Crippen molar-refractivity contribution in [3.8, 4) is 0 Å². The summed E-state index contributed by atoms with van der Waals surface area (Å²) < 4.78 is 0. The highest BCUT2D eigenvalue weighted by atomic mass is 35.5. The Morgan fingerprint density at radius 3 is 2.76 bits per heavy atom. The second kappa shape index (κ2) is 7.48. The third-order valence-corrected chi connectivity index (χ3v) is 2.71. The van der Waals surface area contributed by atoms with Crippen LogP contribution in [0.15, 0.2) is 24.3 Å². The minimum Gasteiger partial charge on any atom is -0.361 e. The minimum absolute atomic E-state index is 0.673. The summed E-state index contributed by atoms with van der Waals surface area (Å²) >= 11 is 11.1. The van der Waals surface area contributed by atoms with Crippen LogP contribution in [0.5, 0.6) is 0 Å². The standard InChI is InChI=1S/C12H18ClN3S/c1-16(2)7-6-14-12(17)15-9-10-4-3-5-11(13)8-10/h3-5,8H,6-7,9H2,1-2H3,(H2,14,15,17). The first-order valence-corrected chi connectivity index (χ1v) is 6.27. The Morgan fingerprint density at radius 2 is 2.12 bits per heavy atom. The van der Waals surface area contributed by atoms with Crippen molar-refractivity contribution in [3.05, 3.63) is 34.9 Å². The second-order valence-electron chi connectivity index (χ2n) is 4.04. The number of halogens is 1. The molecule has 0 aliphatic carbocycles. The molecule has 0 saturated carbocycles. The molecular formula is C12H18ClN3S. The van der Waals surface area contributed by atoms with Gasteiger partial charge in [0.15, 0.2) is 5.11 Å². The molecule has 5 heteroatoms. The molecule has 94 valence electrons. The topological polar surface area (TPSA) is 27.3 Å². The zero-order chi connectivity index (χ0) is 12.7. The summed E-state index contributed by atoms with van der Waals surface area (Å²) in [6.07, 6.45) is 0. The Kier molecular flexibility index (Phi) is 6.26. The summed E-state index contributed by atoms with van der Waals surface area (Å²) in [6, 6.07) is 7.73. The van der Waals surface area contributed by atoms with E-state index in [1.165, 1.54) is 0 Å². The smallest absolute Gasteiger partial charge is 0.166 e. The lowest BCUT2D eigenvalue weighted by molar-refractivity contribution is 0.412. The molecule has 0 fully saturated rings. The van der Waals surface area contributed by atoms with E-state index in [-0.39, 0.29) is 0 Å². The molecule has 1 rings (SSSR count). The largest absolute Gasteiger partial charge is 0.361 e. The average molecular weight is 272 g/mol. The van der Waals surface area contributed by atoms with Crippen molar-refractivity contribution in [2.75, 3.05) is 27.2 Å². The number of hydrogen-bond donors (Lipinski definition) is 2. The van der Waals surface area contributed by atoms with Gasteiger partial charge in [-0.05, 0) is 44.0 Å². The van der Waals surface area contributed by atoms with Crippen LogP contribution in [0.1, 0.15) is 5.56 Å². The molecule has 0 saturated heterocycles. The molecule has 0 atom stereocenters. The first kappa shape index (κ1) is 14.2. The van der Waals surface area contributed by atoms with Crippen LogP contribution in [0.4, 0.5) is 0 Å². The van der Waals surface area contributed by atoms with Crippen molar-refractivity contribution in [1.82, 2.24) is 15.5 Å². The van der Waals surface area contributed by atoms with E-state index in [0.717, 1.165) is 23.7 Å². The molecule has 0 unspecified atom stereocenters. The zero-order valence-corrected chi connectivity index (χ0v) is 11.7. The molecule has 0 radical (unpaired) electrons. The third kappa shape index (κ3) is 6.46. The molecule has 1 aromatic rings. The van der Waals surface area contributed by atoms with Crippen LogP contribution in [0.25, 0.3) is 0 Å². The van der Waals surface area contributed by atoms with E-state index in [0.29, 0.717) is 11.7 Å². The SMILES string of the molecule is CN(C)CCNC(=S)NCc1cccc(Cl)c1. The third-order valence-electron chi connectivity index (χ3n) is 2.19. The van der Waals surface area contributed by atoms with Crippen molar-refractivity contribution < 1.29 is 0 Å². The van der Waals surface area contributed by atoms with Gasteiger partial charge in [-0.3, -0.25) is 0 Å². The van der Waals surface area contributed by atoms with Crippen LogP contribution in [0.2, 0.25) is 5.02 Å². The second-order valence-corrected chi connectivity index (χ2v) is 4.89. The number of benzene rings is 1. The summed E-state index contributed by atoms with van der Waals surface area (Å²) in [5, 5.41) is 7.71. The molecule has 17 heavy (non-hydrogen) atoms. The van der Waals surface area contributed by atoms with Gasteiger partial charge in [-0.25, -0.2) is 0 Å². The Labute approximate surface area is 113 Å². The molecular weight excluding hydrogens is 254 g/mol. The summed E-state index contributed by atoms with van der Waals surface area (Å²) in [6.45, 7) is 2.49. The predicted octanol–water partition coefficient (Wildman–Crippen LogP) is 1.87. The normalized spacial score (nSPS) is 10.4. The van der Waals surface area contributed by atoms with Gasteiger partial charge in [-0.1, -0.05) is 23.7 Å². The Hall–Kier alpha value is -0.840. The fourth-order valence-corrected chi connectivity index (χ4v) is 1.67. The Balaban J connectivity index is 2.24. The maximum absolute atomic E-state index is 5.90. The van der Waals surface area contributed by atoms with E-state index in [9.17, 15) is 0 Å². The van der Waals surface area contributed by atoms with Crippen molar-refractivity contribution in [2.45, 2.75) is 6.54 Å². The van der Waals surface area contributed by atoms with Gasteiger partial charge in [-0.2, -0.15) is 0 Å². The lowest BCUT2D eigenvalue weighted by atomic mass is 10.2. The fourth-order valence-electron chi connectivity index (χ4n) is 1.28. The first-order chi connectivity index (χ1) is 8.08. The van der Waals surface area contributed by atoms with Gasteiger partial charge in [0.05, 0.1) is 0 Å². The molecule has 0 aromatic heterocycles. The molecule has 0 aliphatic rings. The van der Waals surface area contributed by atoms with Crippen molar-refractivity contribution >= 4 is 28.9 Å². The molecule has 3 nitrogen and oxygen atoms in total. The Morgan fingerprint density at radius 1 is 1.35 bits per heavy atom. The van der Waals surface area contributed by atoms with Gasteiger partial charge in [0.1, 0.15) is 0 Å². The summed E-state index contributed by atoms with van der Waals surface area (Å²) in [5.41, 5.74) is 1.12. The van der Waals surface area contributed by atoms with Gasteiger partial charge in [0.25, 0.3) is 0 Å². The highest BCUT2D eigenvalue weighted by Gasteiger charge is 1.97. The van der Waals surface area contributed by atoms with Gasteiger partial charge in [0, 0.05) is 24.7 Å². The molecule has 0 heterocycles. The molecule has 2 N–H and O–H groups in total. The summed E-state index contributed by atoms with van der Waals surface area (Å²) in [4.78, 5) is 2.10. The Bertz CT molecular complexity index is 369. The van der Waals surface area contributed by atoms with Crippen LogP contribution in [0, 0.1) is 0 Å². The zero-order valence-electron chi connectivity index (χ0n) is 10.2. The van der Waals surface area contributed by atoms with Crippen LogP contribution < -0.4 is 10.6 Å². The first-order valence-electron chi connectivity index (χ1n) is 5.49. The van der Waals surface area contributed by atoms with E-state index < -0.39 is 0 Å². The van der Waals surface area contributed by atoms with Gasteiger partial charge < -0.3 is 15.5 Å². The predicted molar refractivity (Wildman–Crippen MR) is 77.4 cm³/mol. The number of thiocarbonyl (C=S) groups is 1. The summed E-state index contributed by atoms with van der Waals surface area (Å²) in [7, 11) is 4.06. The monoisotopic (exact) mass is 271 g/mol.